The normalized spacial score (nSPS) is 19.2. The number of thiophene rings is 1. The monoisotopic (exact) mass is 395 g/mol. The average Bonchev–Trinajstić information content (AvgIpc) is 3.27. The number of anilines is 2. The molecule has 3 aromatic heterocycles. The zero-order valence-corrected chi connectivity index (χ0v) is 17.2. The van der Waals surface area contributed by atoms with E-state index < -0.39 is 0 Å². The Labute approximate surface area is 169 Å². The van der Waals surface area contributed by atoms with E-state index >= 15 is 0 Å². The zero-order valence-electron chi connectivity index (χ0n) is 16.4. The lowest BCUT2D eigenvalue weighted by atomic mass is 10.2. The molecule has 0 spiro atoms. The molecule has 3 aromatic rings. The number of fused-ring (bicyclic) bond motifs is 3. The van der Waals surface area contributed by atoms with E-state index in [1.807, 2.05) is 24.5 Å². The van der Waals surface area contributed by atoms with Gasteiger partial charge in [0, 0.05) is 30.7 Å². The molecule has 1 aliphatic carbocycles. The number of aryl methyl sites for hydroxylation is 3. The summed E-state index contributed by atoms with van der Waals surface area (Å²) in [5.74, 6) is 2.81. The molecular formula is C21H25N5OS. The SMILES string of the molecule is Cc1nc(NCc2ccc(N3CCOC(C)C3)nc2)c2c3c(sc2n1)CCC3. The van der Waals surface area contributed by atoms with Gasteiger partial charge in [0.2, 0.25) is 0 Å². The molecule has 5 rings (SSSR count). The van der Waals surface area contributed by atoms with E-state index in [1.54, 1.807) is 0 Å². The summed E-state index contributed by atoms with van der Waals surface area (Å²) in [4.78, 5) is 18.9. The maximum Gasteiger partial charge on any atom is 0.139 e. The van der Waals surface area contributed by atoms with Gasteiger partial charge in [-0.1, -0.05) is 6.07 Å². The van der Waals surface area contributed by atoms with Crippen LogP contribution in [0, 0.1) is 6.92 Å². The third-order valence-electron chi connectivity index (χ3n) is 5.51. The largest absolute Gasteiger partial charge is 0.375 e. The minimum atomic E-state index is 0.257. The highest BCUT2D eigenvalue weighted by atomic mass is 32.1. The molecular weight excluding hydrogens is 370 g/mol. The Kier molecular flexibility index (Phi) is 4.64. The van der Waals surface area contributed by atoms with Crippen molar-refractivity contribution in [3.63, 3.8) is 0 Å². The molecule has 0 aromatic carbocycles. The van der Waals surface area contributed by atoms with Gasteiger partial charge in [0.05, 0.1) is 18.1 Å². The van der Waals surface area contributed by atoms with Crippen LogP contribution in [0.5, 0.6) is 0 Å². The van der Waals surface area contributed by atoms with Gasteiger partial charge in [0.15, 0.2) is 0 Å². The van der Waals surface area contributed by atoms with Crippen molar-refractivity contribution in [2.75, 3.05) is 29.9 Å². The van der Waals surface area contributed by atoms with Gasteiger partial charge in [0.1, 0.15) is 22.3 Å². The Morgan fingerprint density at radius 2 is 2.21 bits per heavy atom. The standard InChI is InChI=1S/C21H25N5OS/c1-13-12-26(8-9-27-13)18-7-6-15(10-22-18)11-23-20-19-16-4-3-5-17(16)28-21(19)25-14(2)24-20/h6-7,10,13H,3-5,8-9,11-12H2,1-2H3,(H,23,24,25). The molecule has 0 radical (unpaired) electrons. The number of ether oxygens (including phenoxy) is 1. The number of nitrogens with one attached hydrogen (secondary N) is 1. The topological polar surface area (TPSA) is 63.2 Å². The molecule has 6 nitrogen and oxygen atoms in total. The second kappa shape index (κ2) is 7.29. The lowest BCUT2D eigenvalue weighted by Crippen LogP contribution is -2.41. The summed E-state index contributed by atoms with van der Waals surface area (Å²) < 4.78 is 5.62. The van der Waals surface area contributed by atoms with Crippen molar-refractivity contribution in [3.05, 3.63) is 40.2 Å². The Balaban J connectivity index is 1.34. The van der Waals surface area contributed by atoms with Crippen LogP contribution in [0.15, 0.2) is 18.3 Å². The molecule has 1 atom stereocenters. The highest BCUT2D eigenvalue weighted by Crippen LogP contribution is 2.39. The summed E-state index contributed by atoms with van der Waals surface area (Å²) in [6, 6.07) is 4.26. The first-order valence-corrected chi connectivity index (χ1v) is 10.8. The molecule has 0 saturated carbocycles. The molecule has 4 heterocycles. The number of hydrogen-bond donors (Lipinski definition) is 1. The molecule has 0 bridgehead atoms. The van der Waals surface area contributed by atoms with E-state index in [1.165, 1.54) is 28.7 Å². The third-order valence-corrected chi connectivity index (χ3v) is 6.70. The fourth-order valence-corrected chi connectivity index (χ4v) is 5.46. The lowest BCUT2D eigenvalue weighted by molar-refractivity contribution is 0.0529. The van der Waals surface area contributed by atoms with Crippen molar-refractivity contribution in [2.45, 2.75) is 45.8 Å². The molecule has 1 aliphatic heterocycles. The molecule has 1 unspecified atom stereocenters. The van der Waals surface area contributed by atoms with Crippen LogP contribution >= 0.6 is 11.3 Å². The van der Waals surface area contributed by atoms with Crippen LogP contribution in [0.4, 0.5) is 11.6 Å². The lowest BCUT2D eigenvalue weighted by Gasteiger charge is -2.32. The fourth-order valence-electron chi connectivity index (χ4n) is 4.15. The average molecular weight is 396 g/mol. The molecule has 28 heavy (non-hydrogen) atoms. The Morgan fingerprint density at radius 1 is 1.29 bits per heavy atom. The first-order valence-electron chi connectivity index (χ1n) is 10.0. The highest BCUT2D eigenvalue weighted by Gasteiger charge is 2.22. The van der Waals surface area contributed by atoms with E-state index in [9.17, 15) is 0 Å². The molecule has 7 heteroatoms. The van der Waals surface area contributed by atoms with Crippen molar-refractivity contribution in [2.24, 2.45) is 0 Å². The number of hydrogen-bond acceptors (Lipinski definition) is 7. The van der Waals surface area contributed by atoms with Crippen LogP contribution in [0.3, 0.4) is 0 Å². The second-order valence-electron chi connectivity index (χ2n) is 7.66. The van der Waals surface area contributed by atoms with Gasteiger partial charge in [-0.2, -0.15) is 0 Å². The maximum atomic E-state index is 5.62. The van der Waals surface area contributed by atoms with Gasteiger partial charge in [-0.05, 0) is 50.3 Å². The number of pyridine rings is 1. The zero-order chi connectivity index (χ0) is 19.1. The van der Waals surface area contributed by atoms with E-state index in [-0.39, 0.29) is 6.10 Å². The molecule has 1 fully saturated rings. The summed E-state index contributed by atoms with van der Waals surface area (Å²) in [7, 11) is 0. The van der Waals surface area contributed by atoms with Crippen LogP contribution in [-0.4, -0.2) is 40.8 Å². The number of nitrogens with zero attached hydrogens (tertiary/aromatic N) is 4. The first kappa shape index (κ1) is 17.8. The molecule has 1 N–H and O–H groups in total. The van der Waals surface area contributed by atoms with Crippen LogP contribution in [0.1, 0.15) is 35.2 Å². The molecule has 2 aliphatic rings. The minimum absolute atomic E-state index is 0.257. The van der Waals surface area contributed by atoms with E-state index in [0.717, 1.165) is 54.0 Å². The van der Waals surface area contributed by atoms with Crippen LogP contribution in [0.2, 0.25) is 0 Å². The van der Waals surface area contributed by atoms with Crippen LogP contribution in [0.25, 0.3) is 10.2 Å². The summed E-state index contributed by atoms with van der Waals surface area (Å²) in [5, 5.41) is 4.78. The molecule has 1 saturated heterocycles. The van der Waals surface area contributed by atoms with Gasteiger partial charge in [-0.25, -0.2) is 15.0 Å². The summed E-state index contributed by atoms with van der Waals surface area (Å²) in [6.45, 7) is 7.34. The Hall–Kier alpha value is -2.25. The number of aromatic nitrogens is 3. The van der Waals surface area contributed by atoms with E-state index in [4.69, 9.17) is 9.72 Å². The van der Waals surface area contributed by atoms with Gasteiger partial charge in [-0.3, -0.25) is 0 Å². The predicted molar refractivity (Wildman–Crippen MR) is 113 cm³/mol. The highest BCUT2D eigenvalue weighted by molar-refractivity contribution is 7.19. The van der Waals surface area contributed by atoms with Crippen molar-refractivity contribution >= 4 is 33.2 Å². The van der Waals surface area contributed by atoms with Gasteiger partial charge < -0.3 is 15.0 Å². The summed E-state index contributed by atoms with van der Waals surface area (Å²) >= 11 is 1.84. The van der Waals surface area contributed by atoms with Crippen LogP contribution < -0.4 is 10.2 Å². The van der Waals surface area contributed by atoms with Crippen LogP contribution in [-0.2, 0) is 24.1 Å². The van der Waals surface area contributed by atoms with Crippen molar-refractivity contribution in [1.82, 2.24) is 15.0 Å². The van der Waals surface area contributed by atoms with Crippen molar-refractivity contribution < 1.29 is 4.74 Å². The van der Waals surface area contributed by atoms with Gasteiger partial charge in [-0.15, -0.1) is 11.3 Å². The Morgan fingerprint density at radius 3 is 3.04 bits per heavy atom. The Bertz CT molecular complexity index is 1000. The number of rotatable bonds is 4. The van der Waals surface area contributed by atoms with Gasteiger partial charge in [0.25, 0.3) is 0 Å². The first-order chi connectivity index (χ1) is 13.7. The maximum absolute atomic E-state index is 5.62. The summed E-state index contributed by atoms with van der Waals surface area (Å²) in [5.41, 5.74) is 2.61. The van der Waals surface area contributed by atoms with Crippen molar-refractivity contribution in [3.8, 4) is 0 Å². The third kappa shape index (κ3) is 3.33. The fraction of sp³-hybridized carbons (Fsp3) is 0.476. The van der Waals surface area contributed by atoms with Crippen molar-refractivity contribution in [1.29, 1.82) is 0 Å². The van der Waals surface area contributed by atoms with Gasteiger partial charge >= 0.3 is 0 Å². The quantitative estimate of drug-likeness (QED) is 0.726. The number of morpholine rings is 1. The van der Waals surface area contributed by atoms with E-state index in [0.29, 0.717) is 6.54 Å². The predicted octanol–water partition coefficient (Wildman–Crippen LogP) is 3.72. The van der Waals surface area contributed by atoms with E-state index in [2.05, 4.69) is 39.2 Å². The smallest absolute Gasteiger partial charge is 0.139 e. The molecule has 146 valence electrons. The molecule has 0 amide bonds. The second-order valence-corrected chi connectivity index (χ2v) is 8.75. The minimum Gasteiger partial charge on any atom is -0.375 e. The summed E-state index contributed by atoms with van der Waals surface area (Å²) in [6.07, 6.45) is 5.79.